The number of imidazole rings is 2. The largest absolute Gasteiger partial charge is 0.489 e. The molecule has 7 aromatic carbocycles. The lowest BCUT2D eigenvalue weighted by atomic mass is 10.1. The number of benzene rings is 7. The molecule has 0 unspecified atom stereocenters. The quantitative estimate of drug-likeness (QED) is 0.110. The van der Waals surface area contributed by atoms with Crippen LogP contribution in [0, 0.1) is 0 Å². The molecule has 0 aliphatic rings. The maximum atomic E-state index is 13.6. The van der Waals surface area contributed by atoms with E-state index in [2.05, 4.69) is 68.3 Å². The molecule has 2 N–H and O–H groups in total. The van der Waals surface area contributed by atoms with E-state index in [-0.39, 0.29) is 24.9 Å². The summed E-state index contributed by atoms with van der Waals surface area (Å²) in [4.78, 5) is 27.1. The van der Waals surface area contributed by atoms with Gasteiger partial charge in [-0.3, -0.25) is 9.59 Å². The average molecular weight is 767 g/mol. The molecular formula is C48H42N6O4+2. The highest BCUT2D eigenvalue weighted by atomic mass is 16.5. The molecular weight excluding hydrogens is 725 g/mol. The van der Waals surface area contributed by atoms with Crippen LogP contribution in [-0.4, -0.2) is 34.2 Å². The van der Waals surface area contributed by atoms with E-state index < -0.39 is 0 Å². The number of nitrogens with zero attached hydrogens (tertiary/aromatic N) is 4. The van der Waals surface area contributed by atoms with Crippen molar-refractivity contribution in [3.63, 3.8) is 0 Å². The minimum atomic E-state index is -0.217. The number of fused-ring (bicyclic) bond motifs is 4. The number of para-hydroxylation sites is 6. The van der Waals surface area contributed by atoms with Gasteiger partial charge in [0.05, 0.1) is 11.4 Å². The van der Waals surface area contributed by atoms with Crippen LogP contribution < -0.4 is 29.2 Å². The van der Waals surface area contributed by atoms with Crippen molar-refractivity contribution in [1.82, 2.24) is 9.13 Å². The normalized spacial score (nSPS) is 11.3. The topological polar surface area (TPSA) is 94.3 Å². The zero-order valence-electron chi connectivity index (χ0n) is 31.8. The molecule has 9 aromatic rings. The Hall–Kier alpha value is -7.46. The third kappa shape index (κ3) is 7.94. The fourth-order valence-corrected chi connectivity index (χ4v) is 7.52. The fourth-order valence-electron chi connectivity index (χ4n) is 7.52. The summed E-state index contributed by atoms with van der Waals surface area (Å²) >= 11 is 0. The predicted octanol–water partition coefficient (Wildman–Crippen LogP) is 7.91. The molecule has 286 valence electrons. The van der Waals surface area contributed by atoms with Crippen molar-refractivity contribution in [3.05, 3.63) is 170 Å². The summed E-state index contributed by atoms with van der Waals surface area (Å²) in [5.74, 6) is 1.20. The van der Waals surface area contributed by atoms with Gasteiger partial charge in [-0.15, -0.1) is 0 Å². The lowest BCUT2D eigenvalue weighted by Gasteiger charge is -2.11. The molecule has 0 bridgehead atoms. The lowest BCUT2D eigenvalue weighted by molar-refractivity contribution is -0.659. The minimum Gasteiger partial charge on any atom is -0.489 e. The molecule has 10 nitrogen and oxygen atoms in total. The highest BCUT2D eigenvalue weighted by Gasteiger charge is 2.21. The van der Waals surface area contributed by atoms with Crippen molar-refractivity contribution >= 4 is 66.8 Å². The molecule has 0 saturated carbocycles. The van der Waals surface area contributed by atoms with E-state index in [0.717, 1.165) is 44.3 Å². The summed E-state index contributed by atoms with van der Waals surface area (Å²) in [6.45, 7) is 2.31. The zero-order chi connectivity index (χ0) is 39.3. The standard InChI is InChI=1S/C48H40N6O4/c55-47(31-53-33-51(43-17-7-9-19-45(43)53)25-27-57-39-23-21-35-11-1-3-13-37(35)29-39)49-41-15-5-6-16-42(41)50-48(56)32-54-34-52(44-18-8-10-20-46(44)54)26-28-58-40-24-22-36-12-2-4-14-38(36)30-40/h1-24,29-30,33-34H,25-28,31-32H2/p+2. The van der Waals surface area contributed by atoms with Crippen molar-refractivity contribution in [2.75, 3.05) is 23.8 Å². The van der Waals surface area contributed by atoms with Crippen molar-refractivity contribution in [3.8, 4) is 11.5 Å². The van der Waals surface area contributed by atoms with Crippen molar-refractivity contribution in [1.29, 1.82) is 0 Å². The van der Waals surface area contributed by atoms with Crippen LogP contribution in [-0.2, 0) is 35.8 Å². The second-order valence-electron chi connectivity index (χ2n) is 14.2. The monoisotopic (exact) mass is 766 g/mol. The Morgan fingerprint density at radius 3 is 1.33 bits per heavy atom. The first-order valence-electron chi connectivity index (χ1n) is 19.4. The summed E-state index contributed by atoms with van der Waals surface area (Å²) in [6, 6.07) is 51.9. The van der Waals surface area contributed by atoms with E-state index in [1.165, 1.54) is 10.8 Å². The number of carbonyl (C=O) groups is 2. The second-order valence-corrected chi connectivity index (χ2v) is 14.2. The molecule has 0 aliphatic carbocycles. The number of amides is 2. The third-order valence-corrected chi connectivity index (χ3v) is 10.3. The Morgan fingerprint density at radius 2 is 0.862 bits per heavy atom. The van der Waals surface area contributed by atoms with E-state index in [0.29, 0.717) is 37.7 Å². The Labute approximate surface area is 335 Å². The number of ether oxygens (including phenoxy) is 2. The first-order chi connectivity index (χ1) is 28.5. The van der Waals surface area contributed by atoms with Gasteiger partial charge in [0.15, 0.2) is 35.2 Å². The van der Waals surface area contributed by atoms with Crippen molar-refractivity contribution in [2.45, 2.75) is 26.2 Å². The van der Waals surface area contributed by atoms with Gasteiger partial charge in [-0.2, -0.15) is 0 Å². The van der Waals surface area contributed by atoms with Crippen LogP contribution in [0.2, 0.25) is 0 Å². The van der Waals surface area contributed by atoms with Crippen LogP contribution in [0.1, 0.15) is 0 Å². The number of carbonyl (C=O) groups excluding carboxylic acids is 2. The first-order valence-corrected chi connectivity index (χ1v) is 19.4. The van der Waals surface area contributed by atoms with Gasteiger partial charge in [-0.1, -0.05) is 97.1 Å². The maximum Gasteiger partial charge on any atom is 0.266 e. The SMILES string of the molecule is O=C(C[n+]1cn(CCOc2ccc3ccccc3c2)c2ccccc21)Nc1ccccc1NC(=O)C[n+]1cn(CCOc2ccc3ccccc3c2)c2ccccc21. The summed E-state index contributed by atoms with van der Waals surface area (Å²) in [5, 5.41) is 10.7. The number of nitrogens with one attached hydrogen (secondary N) is 2. The van der Waals surface area contributed by atoms with E-state index >= 15 is 0 Å². The highest BCUT2D eigenvalue weighted by molar-refractivity contribution is 5.99. The number of hydrogen-bond acceptors (Lipinski definition) is 4. The van der Waals surface area contributed by atoms with Crippen LogP contribution in [0.3, 0.4) is 0 Å². The molecule has 9 rings (SSSR count). The summed E-state index contributed by atoms with van der Waals surface area (Å²) in [7, 11) is 0. The molecule has 0 fully saturated rings. The Balaban J connectivity index is 0.832. The summed E-state index contributed by atoms with van der Waals surface area (Å²) in [5.41, 5.74) is 4.91. The number of anilines is 2. The Bertz CT molecular complexity index is 2730. The smallest absolute Gasteiger partial charge is 0.266 e. The van der Waals surface area contributed by atoms with E-state index in [1.807, 2.05) is 119 Å². The van der Waals surface area contributed by atoms with Crippen molar-refractivity contribution < 1.29 is 28.2 Å². The molecule has 2 heterocycles. The fraction of sp³-hybridized carbons (Fsp3) is 0.125. The molecule has 0 radical (unpaired) electrons. The van der Waals surface area contributed by atoms with Gasteiger partial charge in [0.1, 0.15) is 37.8 Å². The number of hydrogen-bond donors (Lipinski definition) is 2. The third-order valence-electron chi connectivity index (χ3n) is 10.3. The summed E-state index contributed by atoms with van der Waals surface area (Å²) < 4.78 is 20.3. The summed E-state index contributed by atoms with van der Waals surface area (Å²) in [6.07, 6.45) is 3.90. The molecule has 2 aromatic heterocycles. The van der Waals surface area contributed by atoms with Crippen LogP contribution in [0.5, 0.6) is 11.5 Å². The van der Waals surface area contributed by atoms with Crippen molar-refractivity contribution in [2.24, 2.45) is 0 Å². The zero-order valence-corrected chi connectivity index (χ0v) is 31.8. The first kappa shape index (κ1) is 36.2. The number of rotatable bonds is 14. The van der Waals surface area contributed by atoms with Gasteiger partial charge in [-0.05, 0) is 82.2 Å². The highest BCUT2D eigenvalue weighted by Crippen LogP contribution is 2.24. The van der Waals surface area contributed by atoms with Gasteiger partial charge in [0.2, 0.25) is 12.7 Å². The molecule has 0 atom stereocenters. The van der Waals surface area contributed by atoms with Gasteiger partial charge in [0, 0.05) is 0 Å². The molecule has 10 heteroatoms. The minimum absolute atomic E-state index is 0.0846. The molecule has 58 heavy (non-hydrogen) atoms. The van der Waals surface area contributed by atoms with Crippen LogP contribution >= 0.6 is 0 Å². The lowest BCUT2D eigenvalue weighted by Crippen LogP contribution is -2.40. The van der Waals surface area contributed by atoms with Crippen LogP contribution in [0.15, 0.2) is 170 Å². The van der Waals surface area contributed by atoms with Crippen LogP contribution in [0.4, 0.5) is 11.4 Å². The molecule has 0 spiro atoms. The second kappa shape index (κ2) is 16.3. The Kier molecular flexibility index (Phi) is 10.2. The molecule has 2 amide bonds. The van der Waals surface area contributed by atoms with E-state index in [1.54, 1.807) is 12.1 Å². The van der Waals surface area contributed by atoms with Gasteiger partial charge in [-0.25, -0.2) is 18.3 Å². The van der Waals surface area contributed by atoms with Gasteiger partial charge in [0.25, 0.3) is 11.8 Å². The van der Waals surface area contributed by atoms with E-state index in [9.17, 15) is 9.59 Å². The predicted molar refractivity (Wildman–Crippen MR) is 227 cm³/mol. The average Bonchev–Trinajstić information content (AvgIpc) is 3.78. The number of aromatic nitrogens is 4. The molecule has 0 aliphatic heterocycles. The van der Waals surface area contributed by atoms with Gasteiger partial charge >= 0.3 is 0 Å². The Morgan fingerprint density at radius 1 is 0.466 bits per heavy atom. The van der Waals surface area contributed by atoms with Crippen LogP contribution in [0.25, 0.3) is 43.6 Å². The molecule has 0 saturated heterocycles. The van der Waals surface area contributed by atoms with E-state index in [4.69, 9.17) is 9.47 Å². The maximum absolute atomic E-state index is 13.6. The van der Waals surface area contributed by atoms with Gasteiger partial charge < -0.3 is 20.1 Å².